The number of fused-ring (bicyclic) bond motifs is 1. The molecule has 2 spiro atoms. The summed E-state index contributed by atoms with van der Waals surface area (Å²) in [5.41, 5.74) is 2.78. The number of aromatic hydroxyl groups is 1. The summed E-state index contributed by atoms with van der Waals surface area (Å²) in [6.45, 7) is 5.40. The Hall–Kier alpha value is -2.34. The van der Waals surface area contributed by atoms with Crippen LogP contribution in [-0.4, -0.2) is 52.6 Å². The van der Waals surface area contributed by atoms with E-state index in [0.717, 1.165) is 36.9 Å². The van der Waals surface area contributed by atoms with Gasteiger partial charge in [0.05, 0.1) is 11.5 Å². The van der Waals surface area contributed by atoms with Crippen LogP contribution < -0.4 is 4.74 Å². The molecule has 2 aromatic carbocycles. The van der Waals surface area contributed by atoms with Crippen molar-refractivity contribution in [3.63, 3.8) is 0 Å². The minimum absolute atomic E-state index is 0.193. The molecule has 3 unspecified atom stereocenters. The van der Waals surface area contributed by atoms with Crippen LogP contribution in [0.1, 0.15) is 61.0 Å². The second-order valence-electron chi connectivity index (χ2n) is 12.6. The second kappa shape index (κ2) is 6.56. The lowest BCUT2D eigenvalue weighted by molar-refractivity contribution is -0.270. The summed E-state index contributed by atoms with van der Waals surface area (Å²) in [6.07, 6.45) is 9.03. The minimum atomic E-state index is -0.829. The van der Waals surface area contributed by atoms with Gasteiger partial charge in [-0.1, -0.05) is 49.4 Å². The van der Waals surface area contributed by atoms with Gasteiger partial charge in [0, 0.05) is 35.6 Å². The van der Waals surface area contributed by atoms with Crippen LogP contribution in [0.2, 0.25) is 0 Å². The van der Waals surface area contributed by atoms with Gasteiger partial charge in [-0.15, -0.1) is 0 Å². The highest BCUT2D eigenvalue weighted by Gasteiger charge is 2.82. The van der Waals surface area contributed by atoms with Crippen LogP contribution in [0.15, 0.2) is 48.6 Å². The van der Waals surface area contributed by atoms with E-state index in [1.807, 2.05) is 36.4 Å². The summed E-state index contributed by atoms with van der Waals surface area (Å²) in [7, 11) is 1.77. The fourth-order valence-corrected chi connectivity index (χ4v) is 9.75. The molecule has 2 aromatic rings. The molecule has 9 rings (SSSR count). The van der Waals surface area contributed by atoms with E-state index >= 15 is 0 Å². The number of benzene rings is 2. The lowest BCUT2D eigenvalue weighted by Crippen LogP contribution is -2.82. The zero-order chi connectivity index (χ0) is 24.7. The smallest absolute Gasteiger partial charge is 0.165 e. The molecule has 4 bridgehead atoms. The molecule has 0 amide bonds. The van der Waals surface area contributed by atoms with Crippen molar-refractivity contribution in [3.8, 4) is 11.5 Å². The average molecular weight is 486 g/mol. The number of piperidine rings is 1. The molecule has 5 aliphatic carbocycles. The maximum atomic E-state index is 12.1. The number of aliphatic hydroxyl groups excluding tert-OH is 1. The van der Waals surface area contributed by atoms with Gasteiger partial charge in [0.2, 0.25) is 0 Å². The summed E-state index contributed by atoms with van der Waals surface area (Å²) in [5, 5.41) is 23.3. The maximum absolute atomic E-state index is 12.1. The number of hydrogen-bond donors (Lipinski definition) is 2. The van der Waals surface area contributed by atoms with Gasteiger partial charge >= 0.3 is 0 Å². The van der Waals surface area contributed by atoms with Crippen molar-refractivity contribution in [1.29, 1.82) is 0 Å². The quantitative estimate of drug-likeness (QED) is 0.621. The Morgan fingerprint density at radius 1 is 1.17 bits per heavy atom. The zero-order valence-electron chi connectivity index (χ0n) is 21.3. The number of aryl methyl sites for hydroxylation is 1. The summed E-state index contributed by atoms with van der Waals surface area (Å²) in [4.78, 5) is 2.79. The molecule has 2 aliphatic heterocycles. The van der Waals surface area contributed by atoms with Gasteiger partial charge < -0.3 is 19.7 Å². The largest absolute Gasteiger partial charge is 0.504 e. The monoisotopic (exact) mass is 485 g/mol. The van der Waals surface area contributed by atoms with Crippen LogP contribution in [0, 0.1) is 17.8 Å². The van der Waals surface area contributed by atoms with Crippen molar-refractivity contribution in [2.24, 2.45) is 10.8 Å². The molecule has 7 atom stereocenters. The molecule has 5 heteroatoms. The number of methoxy groups -OCH3 is 1. The Morgan fingerprint density at radius 3 is 2.67 bits per heavy atom. The molecular formula is C31H35NO4. The van der Waals surface area contributed by atoms with E-state index in [1.54, 1.807) is 7.11 Å². The Morgan fingerprint density at radius 2 is 1.94 bits per heavy atom. The number of hydrogen-bond acceptors (Lipinski definition) is 5. The molecule has 2 N–H and O–H groups in total. The third kappa shape index (κ3) is 2.11. The predicted molar refractivity (Wildman–Crippen MR) is 136 cm³/mol. The van der Waals surface area contributed by atoms with Crippen molar-refractivity contribution in [2.75, 3.05) is 13.7 Å². The van der Waals surface area contributed by atoms with Crippen LogP contribution in [0.3, 0.4) is 0 Å². The zero-order valence-corrected chi connectivity index (χ0v) is 21.3. The average Bonchev–Trinajstić information content (AvgIpc) is 3.65. The molecule has 0 aromatic heterocycles. The highest BCUT2D eigenvalue weighted by Crippen LogP contribution is 2.78. The first-order chi connectivity index (χ1) is 17.3. The van der Waals surface area contributed by atoms with Crippen LogP contribution in [0.5, 0.6) is 11.5 Å². The molecule has 188 valence electrons. The molecule has 5 nitrogen and oxygen atoms in total. The lowest BCUT2D eigenvalue weighted by atomic mass is 9.33. The van der Waals surface area contributed by atoms with Gasteiger partial charge in [-0.05, 0) is 68.3 Å². The van der Waals surface area contributed by atoms with E-state index in [2.05, 4.69) is 30.9 Å². The molecule has 7 aliphatic rings. The van der Waals surface area contributed by atoms with E-state index in [-0.39, 0.29) is 22.7 Å². The van der Waals surface area contributed by atoms with Crippen molar-refractivity contribution < 1.29 is 19.7 Å². The Balaban J connectivity index is 1.42. The summed E-state index contributed by atoms with van der Waals surface area (Å²) < 4.78 is 13.5. The van der Waals surface area contributed by atoms with Crippen LogP contribution >= 0.6 is 0 Å². The third-order valence-electron chi connectivity index (χ3n) is 11.4. The molecule has 0 radical (unpaired) electrons. The number of phenolic OH excluding ortho intramolecular Hbond substituents is 1. The predicted octanol–water partition coefficient (Wildman–Crippen LogP) is 4.58. The fraction of sp³-hybridized carbons (Fsp3) is 0.548. The van der Waals surface area contributed by atoms with Crippen molar-refractivity contribution in [1.82, 2.24) is 4.90 Å². The van der Waals surface area contributed by atoms with Crippen molar-refractivity contribution in [2.45, 2.75) is 81.3 Å². The fourth-order valence-electron chi connectivity index (χ4n) is 9.75. The van der Waals surface area contributed by atoms with Gasteiger partial charge in [-0.25, -0.2) is 0 Å². The normalized spacial score (nSPS) is 42.2. The number of likely N-dealkylation sites (tertiary alicyclic amines) is 1. The van der Waals surface area contributed by atoms with E-state index in [9.17, 15) is 10.2 Å². The maximum Gasteiger partial charge on any atom is 0.165 e. The standard InChI is InChI=1S/C31H35NO4/c1-18-15-22(33)25-24-21(18)16-23-29-11-12-31(35-3,28(2,17-29)26(34)19-7-5-4-6-8-19)27(36-25)30(24,29)13-14-32(23)20-9-10-20/h4-8,11-12,15,20,23,26-27,33-34H,9-10,13-14,16-17H2,1-3H3/t23?,26-,27-,28?,29?,30-,31-/m0/s1. The van der Waals surface area contributed by atoms with E-state index in [4.69, 9.17) is 9.47 Å². The molecule has 2 heterocycles. The SMILES string of the molecule is CO[C@]12C=CC3(CC1(C)[C@@H](O)c1ccccc1)C1Cc4c(C)cc(O)c5c4[C@@]3(CCN1C1CC1)[C@@H]2O5. The Kier molecular flexibility index (Phi) is 3.96. The van der Waals surface area contributed by atoms with Crippen molar-refractivity contribution >= 4 is 0 Å². The van der Waals surface area contributed by atoms with Gasteiger partial charge in [0.15, 0.2) is 11.5 Å². The van der Waals surface area contributed by atoms with Gasteiger partial charge in [0.1, 0.15) is 11.7 Å². The van der Waals surface area contributed by atoms with Crippen LogP contribution in [0.4, 0.5) is 0 Å². The number of aliphatic hydroxyl groups is 1. The molecular weight excluding hydrogens is 450 g/mol. The van der Waals surface area contributed by atoms with Gasteiger partial charge in [0.25, 0.3) is 0 Å². The van der Waals surface area contributed by atoms with E-state index < -0.39 is 17.1 Å². The van der Waals surface area contributed by atoms with Crippen LogP contribution in [-0.2, 0) is 16.6 Å². The first-order valence-corrected chi connectivity index (χ1v) is 13.6. The minimum Gasteiger partial charge on any atom is -0.504 e. The Bertz CT molecular complexity index is 1320. The summed E-state index contributed by atoms with van der Waals surface area (Å²) in [5.74, 6) is 0.899. The van der Waals surface area contributed by atoms with E-state index in [1.165, 1.54) is 24.0 Å². The highest BCUT2D eigenvalue weighted by molar-refractivity contribution is 5.67. The van der Waals surface area contributed by atoms with E-state index in [0.29, 0.717) is 17.8 Å². The second-order valence-corrected chi connectivity index (χ2v) is 12.6. The third-order valence-corrected chi connectivity index (χ3v) is 11.4. The first kappa shape index (κ1) is 21.7. The van der Waals surface area contributed by atoms with Gasteiger partial charge in [-0.3, -0.25) is 4.90 Å². The highest BCUT2D eigenvalue weighted by atomic mass is 16.6. The number of nitrogens with zero attached hydrogens (tertiary/aromatic N) is 1. The topological polar surface area (TPSA) is 62.2 Å². The molecule has 3 fully saturated rings. The number of rotatable bonds is 4. The number of phenols is 1. The molecule has 2 saturated carbocycles. The van der Waals surface area contributed by atoms with Gasteiger partial charge in [-0.2, -0.15) is 0 Å². The summed E-state index contributed by atoms with van der Waals surface area (Å²) in [6, 6.07) is 12.9. The molecule has 1 saturated heterocycles. The summed E-state index contributed by atoms with van der Waals surface area (Å²) >= 11 is 0. The lowest BCUT2D eigenvalue weighted by Gasteiger charge is -2.74. The van der Waals surface area contributed by atoms with Crippen molar-refractivity contribution in [3.05, 3.63) is 70.8 Å². The number of ether oxygens (including phenoxy) is 2. The molecule has 36 heavy (non-hydrogen) atoms. The Labute approximate surface area is 212 Å². The first-order valence-electron chi connectivity index (χ1n) is 13.6. The van der Waals surface area contributed by atoms with Crippen LogP contribution in [0.25, 0.3) is 0 Å².